The zero-order valence-electron chi connectivity index (χ0n) is 10.8. The van der Waals surface area contributed by atoms with Crippen molar-refractivity contribution >= 4 is 11.3 Å². The Morgan fingerprint density at radius 2 is 2.18 bits per heavy atom. The molecule has 0 atom stereocenters. The summed E-state index contributed by atoms with van der Waals surface area (Å²) in [6.45, 7) is 7.36. The SMILES string of the molecule is Cn1nc(-c2cccs2)cc1CNC(C)(C)C. The van der Waals surface area contributed by atoms with Gasteiger partial charge in [-0.2, -0.15) is 5.10 Å². The van der Waals surface area contributed by atoms with Crippen LogP contribution in [0.1, 0.15) is 26.5 Å². The van der Waals surface area contributed by atoms with E-state index >= 15 is 0 Å². The van der Waals surface area contributed by atoms with Crippen molar-refractivity contribution in [2.24, 2.45) is 7.05 Å². The van der Waals surface area contributed by atoms with E-state index in [1.807, 2.05) is 11.7 Å². The predicted octanol–water partition coefficient (Wildman–Crippen LogP) is 3.04. The van der Waals surface area contributed by atoms with Crippen LogP contribution in [0.2, 0.25) is 0 Å². The summed E-state index contributed by atoms with van der Waals surface area (Å²) < 4.78 is 1.95. The molecule has 2 aromatic heterocycles. The third-order valence-electron chi connectivity index (χ3n) is 2.55. The number of hydrogen-bond acceptors (Lipinski definition) is 3. The highest BCUT2D eigenvalue weighted by Gasteiger charge is 2.12. The lowest BCUT2D eigenvalue weighted by molar-refractivity contribution is 0.416. The summed E-state index contributed by atoms with van der Waals surface area (Å²) >= 11 is 1.73. The van der Waals surface area contributed by atoms with Gasteiger partial charge >= 0.3 is 0 Å². The average molecular weight is 249 g/mol. The number of rotatable bonds is 3. The fourth-order valence-corrected chi connectivity index (χ4v) is 2.25. The molecule has 0 amide bonds. The van der Waals surface area contributed by atoms with Crippen LogP contribution in [0.15, 0.2) is 23.6 Å². The van der Waals surface area contributed by atoms with Gasteiger partial charge in [0.2, 0.25) is 0 Å². The van der Waals surface area contributed by atoms with Crippen molar-refractivity contribution in [2.45, 2.75) is 32.9 Å². The molecule has 1 N–H and O–H groups in total. The molecule has 17 heavy (non-hydrogen) atoms. The smallest absolute Gasteiger partial charge is 0.103 e. The summed E-state index contributed by atoms with van der Waals surface area (Å²) in [5, 5.41) is 10.1. The van der Waals surface area contributed by atoms with E-state index < -0.39 is 0 Å². The maximum Gasteiger partial charge on any atom is 0.103 e. The van der Waals surface area contributed by atoms with Crippen LogP contribution in [-0.2, 0) is 13.6 Å². The number of nitrogens with one attached hydrogen (secondary N) is 1. The van der Waals surface area contributed by atoms with Crippen LogP contribution in [0.25, 0.3) is 10.6 Å². The zero-order valence-corrected chi connectivity index (χ0v) is 11.6. The Hall–Kier alpha value is -1.13. The molecule has 0 saturated heterocycles. The van der Waals surface area contributed by atoms with E-state index in [0.717, 1.165) is 12.2 Å². The van der Waals surface area contributed by atoms with E-state index in [0.29, 0.717) is 0 Å². The van der Waals surface area contributed by atoms with E-state index in [1.54, 1.807) is 11.3 Å². The van der Waals surface area contributed by atoms with Crippen molar-refractivity contribution in [3.8, 4) is 10.6 Å². The fourth-order valence-electron chi connectivity index (χ4n) is 1.57. The summed E-state index contributed by atoms with van der Waals surface area (Å²) in [7, 11) is 2.00. The molecule has 0 aliphatic heterocycles. The van der Waals surface area contributed by atoms with Gasteiger partial charge in [0.15, 0.2) is 0 Å². The lowest BCUT2D eigenvalue weighted by Gasteiger charge is -2.20. The Bertz CT molecular complexity index is 477. The van der Waals surface area contributed by atoms with Crippen LogP contribution >= 0.6 is 11.3 Å². The first-order valence-corrected chi connectivity index (χ1v) is 6.65. The molecule has 0 aliphatic rings. The van der Waals surface area contributed by atoms with Crippen LogP contribution < -0.4 is 5.32 Å². The molecule has 0 saturated carbocycles. The lowest BCUT2D eigenvalue weighted by atomic mass is 10.1. The second kappa shape index (κ2) is 4.63. The Balaban J connectivity index is 2.14. The van der Waals surface area contributed by atoms with Gasteiger partial charge in [-0.05, 0) is 38.3 Å². The maximum absolute atomic E-state index is 4.54. The summed E-state index contributed by atoms with van der Waals surface area (Å²) in [6.07, 6.45) is 0. The molecule has 2 heterocycles. The molecule has 2 aromatic rings. The molecule has 0 unspecified atom stereocenters. The van der Waals surface area contributed by atoms with Gasteiger partial charge in [-0.3, -0.25) is 4.68 Å². The number of aryl methyl sites for hydroxylation is 1. The molecule has 0 bridgehead atoms. The van der Waals surface area contributed by atoms with Crippen molar-refractivity contribution in [3.05, 3.63) is 29.3 Å². The van der Waals surface area contributed by atoms with Gasteiger partial charge in [-0.15, -0.1) is 11.3 Å². The van der Waals surface area contributed by atoms with E-state index in [9.17, 15) is 0 Å². The summed E-state index contributed by atoms with van der Waals surface area (Å²) in [6, 6.07) is 6.32. The Kier molecular flexibility index (Phi) is 3.35. The number of hydrogen-bond donors (Lipinski definition) is 1. The number of thiophene rings is 1. The van der Waals surface area contributed by atoms with Crippen LogP contribution in [0, 0.1) is 0 Å². The van der Waals surface area contributed by atoms with Gasteiger partial charge in [0.05, 0.1) is 10.6 Å². The first-order chi connectivity index (χ1) is 7.96. The summed E-state index contributed by atoms with van der Waals surface area (Å²) in [5.74, 6) is 0. The zero-order chi connectivity index (χ0) is 12.5. The fraction of sp³-hybridized carbons (Fsp3) is 0.462. The standard InChI is InChI=1S/C13H19N3S/c1-13(2,3)14-9-10-8-11(15-16(10)4)12-6-5-7-17-12/h5-8,14H,9H2,1-4H3. The molecule has 0 radical (unpaired) electrons. The predicted molar refractivity (Wildman–Crippen MR) is 73.1 cm³/mol. The van der Waals surface area contributed by atoms with Crippen LogP contribution in [0.5, 0.6) is 0 Å². The molecular weight excluding hydrogens is 230 g/mol. The number of aromatic nitrogens is 2. The Labute approximate surface area is 106 Å². The van der Waals surface area contributed by atoms with Crippen molar-refractivity contribution in [3.63, 3.8) is 0 Å². The van der Waals surface area contributed by atoms with Gasteiger partial charge in [-0.25, -0.2) is 0 Å². The molecule has 0 aromatic carbocycles. The Morgan fingerprint density at radius 1 is 1.41 bits per heavy atom. The van der Waals surface area contributed by atoms with Crippen molar-refractivity contribution in [1.82, 2.24) is 15.1 Å². The molecule has 0 aliphatic carbocycles. The lowest BCUT2D eigenvalue weighted by Crippen LogP contribution is -2.35. The topological polar surface area (TPSA) is 29.9 Å². The van der Waals surface area contributed by atoms with Gasteiger partial charge < -0.3 is 5.32 Å². The molecule has 92 valence electrons. The van der Waals surface area contributed by atoms with Crippen molar-refractivity contribution in [1.29, 1.82) is 0 Å². The molecule has 4 heteroatoms. The average Bonchev–Trinajstić information content (AvgIpc) is 2.82. The van der Waals surface area contributed by atoms with Crippen LogP contribution in [-0.4, -0.2) is 15.3 Å². The van der Waals surface area contributed by atoms with E-state index in [4.69, 9.17) is 0 Å². The van der Waals surface area contributed by atoms with E-state index in [-0.39, 0.29) is 5.54 Å². The van der Waals surface area contributed by atoms with E-state index in [2.05, 4.69) is 54.8 Å². The third-order valence-corrected chi connectivity index (χ3v) is 3.44. The Morgan fingerprint density at radius 3 is 2.76 bits per heavy atom. The first kappa shape index (κ1) is 12.3. The highest BCUT2D eigenvalue weighted by Crippen LogP contribution is 2.23. The molecule has 2 rings (SSSR count). The first-order valence-electron chi connectivity index (χ1n) is 5.77. The minimum atomic E-state index is 0.132. The van der Waals surface area contributed by atoms with Crippen LogP contribution in [0.4, 0.5) is 0 Å². The normalized spacial score (nSPS) is 12.0. The quantitative estimate of drug-likeness (QED) is 0.906. The third kappa shape index (κ3) is 3.17. The summed E-state index contributed by atoms with van der Waals surface area (Å²) in [5.41, 5.74) is 2.41. The minimum Gasteiger partial charge on any atom is -0.306 e. The van der Waals surface area contributed by atoms with Gasteiger partial charge in [0.25, 0.3) is 0 Å². The molecule has 3 nitrogen and oxygen atoms in total. The van der Waals surface area contributed by atoms with Crippen LogP contribution in [0.3, 0.4) is 0 Å². The van der Waals surface area contributed by atoms with Crippen molar-refractivity contribution in [2.75, 3.05) is 0 Å². The van der Waals surface area contributed by atoms with Crippen molar-refractivity contribution < 1.29 is 0 Å². The second-order valence-corrected chi connectivity index (χ2v) is 6.17. The van der Waals surface area contributed by atoms with E-state index in [1.165, 1.54) is 10.6 Å². The second-order valence-electron chi connectivity index (χ2n) is 5.23. The van der Waals surface area contributed by atoms with Gasteiger partial charge in [-0.1, -0.05) is 6.07 Å². The van der Waals surface area contributed by atoms with Gasteiger partial charge in [0.1, 0.15) is 5.69 Å². The van der Waals surface area contributed by atoms with Gasteiger partial charge in [0, 0.05) is 19.1 Å². The highest BCUT2D eigenvalue weighted by atomic mass is 32.1. The number of nitrogens with zero attached hydrogens (tertiary/aromatic N) is 2. The highest BCUT2D eigenvalue weighted by molar-refractivity contribution is 7.13. The maximum atomic E-state index is 4.54. The monoisotopic (exact) mass is 249 g/mol. The molecular formula is C13H19N3S. The molecule has 0 fully saturated rings. The largest absolute Gasteiger partial charge is 0.306 e. The summed E-state index contributed by atoms with van der Waals surface area (Å²) in [4.78, 5) is 1.22. The minimum absolute atomic E-state index is 0.132. The molecule has 0 spiro atoms.